The van der Waals surface area contributed by atoms with Crippen molar-refractivity contribution in [2.24, 2.45) is 17.5 Å². The third-order valence-corrected chi connectivity index (χ3v) is 4.88. The van der Waals surface area contributed by atoms with Crippen LogP contribution >= 0.6 is 0 Å². The van der Waals surface area contributed by atoms with Crippen LogP contribution in [0.4, 0.5) is 0 Å². The maximum Gasteiger partial charge on any atom is 0.194 e. The summed E-state index contributed by atoms with van der Waals surface area (Å²) < 4.78 is 7.59. The van der Waals surface area contributed by atoms with Gasteiger partial charge < -0.3 is 19.5 Å². The summed E-state index contributed by atoms with van der Waals surface area (Å²) in [7, 11) is 1.97. The van der Waals surface area contributed by atoms with Crippen LogP contribution in [0.2, 0.25) is 0 Å². The number of nitrogens with one attached hydrogen (secondary N) is 1. The van der Waals surface area contributed by atoms with Crippen LogP contribution in [0.1, 0.15) is 24.5 Å². The van der Waals surface area contributed by atoms with E-state index in [1.165, 1.54) is 6.42 Å². The summed E-state index contributed by atoms with van der Waals surface area (Å²) in [5, 5.41) is 11.6. The summed E-state index contributed by atoms with van der Waals surface area (Å²) in [5.41, 5.74) is 0.317. The van der Waals surface area contributed by atoms with E-state index in [9.17, 15) is 0 Å². The number of likely N-dealkylation sites (tertiary alicyclic amines) is 1. The SMILES string of the molecule is C=CCNC(=NCc1nnc(C)n1C)N1CCC2(CCOC2)C1. The van der Waals surface area contributed by atoms with Crippen molar-refractivity contribution in [2.45, 2.75) is 26.3 Å². The van der Waals surface area contributed by atoms with Crippen LogP contribution in [0.25, 0.3) is 0 Å². The molecule has 7 heteroatoms. The number of nitrogens with zero attached hydrogens (tertiary/aromatic N) is 5. The fourth-order valence-electron chi connectivity index (χ4n) is 3.25. The molecular weight excluding hydrogens is 292 g/mol. The van der Waals surface area contributed by atoms with Crippen molar-refractivity contribution in [3.05, 3.63) is 24.3 Å². The van der Waals surface area contributed by atoms with Gasteiger partial charge in [-0.2, -0.15) is 0 Å². The molecule has 126 valence electrons. The fourth-order valence-corrected chi connectivity index (χ4v) is 3.25. The molecule has 7 nitrogen and oxygen atoms in total. The third-order valence-electron chi connectivity index (χ3n) is 4.88. The minimum absolute atomic E-state index is 0.317. The Morgan fingerprint density at radius 1 is 1.48 bits per heavy atom. The standard InChI is InChI=1S/C16H26N6O/c1-4-7-17-15(18-10-14-20-19-13(2)21(14)3)22-8-5-16(11-22)6-9-23-12-16/h4H,1,5-12H2,2-3H3,(H,17,18). The van der Waals surface area contributed by atoms with Gasteiger partial charge in [0.2, 0.25) is 0 Å². The highest BCUT2D eigenvalue weighted by atomic mass is 16.5. The van der Waals surface area contributed by atoms with E-state index < -0.39 is 0 Å². The molecule has 1 spiro atoms. The van der Waals surface area contributed by atoms with Gasteiger partial charge in [0.15, 0.2) is 11.8 Å². The average Bonchev–Trinajstić information content (AvgIpc) is 3.26. The molecule has 0 bridgehead atoms. The molecule has 2 fully saturated rings. The Hall–Kier alpha value is -1.89. The Labute approximate surface area is 137 Å². The molecule has 1 unspecified atom stereocenters. The molecule has 2 saturated heterocycles. The number of hydrogen-bond donors (Lipinski definition) is 1. The predicted octanol–water partition coefficient (Wildman–Crippen LogP) is 0.868. The van der Waals surface area contributed by atoms with Crippen LogP contribution in [-0.4, -0.2) is 58.5 Å². The van der Waals surface area contributed by atoms with E-state index in [1.54, 1.807) is 0 Å². The van der Waals surface area contributed by atoms with E-state index in [0.29, 0.717) is 18.5 Å². The normalized spacial score (nSPS) is 24.6. The first-order valence-corrected chi connectivity index (χ1v) is 8.20. The van der Waals surface area contributed by atoms with E-state index >= 15 is 0 Å². The fraction of sp³-hybridized carbons (Fsp3) is 0.688. The van der Waals surface area contributed by atoms with Crippen molar-refractivity contribution in [2.75, 3.05) is 32.8 Å². The molecule has 0 aromatic carbocycles. The highest BCUT2D eigenvalue weighted by Gasteiger charge is 2.42. The van der Waals surface area contributed by atoms with Crippen LogP contribution in [0, 0.1) is 12.3 Å². The van der Waals surface area contributed by atoms with Gasteiger partial charge in [0.25, 0.3) is 0 Å². The van der Waals surface area contributed by atoms with Gasteiger partial charge in [-0.15, -0.1) is 16.8 Å². The van der Waals surface area contributed by atoms with E-state index in [1.807, 2.05) is 24.6 Å². The second-order valence-electron chi connectivity index (χ2n) is 6.51. The van der Waals surface area contributed by atoms with Crippen molar-refractivity contribution in [1.29, 1.82) is 0 Å². The lowest BCUT2D eigenvalue weighted by atomic mass is 9.87. The second kappa shape index (κ2) is 6.70. The number of rotatable bonds is 4. The topological polar surface area (TPSA) is 67.6 Å². The number of guanidine groups is 1. The minimum Gasteiger partial charge on any atom is -0.381 e. The summed E-state index contributed by atoms with van der Waals surface area (Å²) in [6, 6.07) is 0. The molecular formula is C16H26N6O. The van der Waals surface area contributed by atoms with Gasteiger partial charge in [0.05, 0.1) is 6.61 Å². The van der Waals surface area contributed by atoms with Crippen LogP contribution in [0.5, 0.6) is 0 Å². The molecule has 1 aromatic heterocycles. The van der Waals surface area contributed by atoms with Crippen LogP contribution in [-0.2, 0) is 18.3 Å². The van der Waals surface area contributed by atoms with Gasteiger partial charge in [-0.3, -0.25) is 0 Å². The lowest BCUT2D eigenvalue weighted by Gasteiger charge is -2.25. The molecule has 3 rings (SSSR count). The van der Waals surface area contributed by atoms with Crippen molar-refractivity contribution in [1.82, 2.24) is 25.0 Å². The number of aryl methyl sites for hydroxylation is 1. The molecule has 2 aliphatic rings. The molecule has 1 aromatic rings. The van der Waals surface area contributed by atoms with Crippen molar-refractivity contribution in [3.63, 3.8) is 0 Å². The Morgan fingerprint density at radius 2 is 2.35 bits per heavy atom. The van der Waals surface area contributed by atoms with Gasteiger partial charge >= 0.3 is 0 Å². The zero-order valence-corrected chi connectivity index (χ0v) is 14.1. The number of aromatic nitrogens is 3. The van der Waals surface area contributed by atoms with E-state index in [-0.39, 0.29) is 0 Å². The molecule has 3 heterocycles. The van der Waals surface area contributed by atoms with Gasteiger partial charge in [-0.25, -0.2) is 4.99 Å². The smallest absolute Gasteiger partial charge is 0.194 e. The largest absolute Gasteiger partial charge is 0.381 e. The molecule has 23 heavy (non-hydrogen) atoms. The summed E-state index contributed by atoms with van der Waals surface area (Å²) in [6.45, 7) is 10.7. The van der Waals surface area contributed by atoms with Gasteiger partial charge in [-0.1, -0.05) is 6.08 Å². The van der Waals surface area contributed by atoms with Crippen LogP contribution < -0.4 is 5.32 Å². The number of hydrogen-bond acceptors (Lipinski definition) is 4. The Bertz CT molecular complexity index is 587. The lowest BCUT2D eigenvalue weighted by molar-refractivity contribution is 0.156. The number of aliphatic imine (C=N–C) groups is 1. The first-order chi connectivity index (χ1) is 11.1. The zero-order valence-electron chi connectivity index (χ0n) is 14.1. The Morgan fingerprint density at radius 3 is 3.00 bits per heavy atom. The zero-order chi connectivity index (χ0) is 16.3. The molecule has 0 aliphatic carbocycles. The molecule has 1 N–H and O–H groups in total. The average molecular weight is 318 g/mol. The highest BCUT2D eigenvalue weighted by Crippen LogP contribution is 2.38. The molecule has 0 saturated carbocycles. The van der Waals surface area contributed by atoms with E-state index in [4.69, 9.17) is 9.73 Å². The Kier molecular flexibility index (Phi) is 4.66. The quantitative estimate of drug-likeness (QED) is 0.507. The van der Waals surface area contributed by atoms with Gasteiger partial charge in [0, 0.05) is 38.7 Å². The summed E-state index contributed by atoms with van der Waals surface area (Å²) in [5.74, 6) is 2.70. The summed E-state index contributed by atoms with van der Waals surface area (Å²) in [6.07, 6.45) is 4.18. The monoisotopic (exact) mass is 318 g/mol. The second-order valence-corrected chi connectivity index (χ2v) is 6.51. The lowest BCUT2D eigenvalue weighted by Crippen LogP contribution is -2.41. The predicted molar refractivity (Wildman–Crippen MR) is 89.1 cm³/mol. The molecule has 1 atom stereocenters. The maximum absolute atomic E-state index is 5.61. The van der Waals surface area contributed by atoms with Crippen molar-refractivity contribution < 1.29 is 4.74 Å². The minimum atomic E-state index is 0.317. The first-order valence-electron chi connectivity index (χ1n) is 8.20. The van der Waals surface area contributed by atoms with E-state index in [0.717, 1.165) is 50.3 Å². The molecule has 2 aliphatic heterocycles. The van der Waals surface area contributed by atoms with E-state index in [2.05, 4.69) is 27.0 Å². The van der Waals surface area contributed by atoms with Crippen molar-refractivity contribution in [3.8, 4) is 0 Å². The van der Waals surface area contributed by atoms with Crippen LogP contribution in [0.15, 0.2) is 17.6 Å². The van der Waals surface area contributed by atoms with Crippen LogP contribution in [0.3, 0.4) is 0 Å². The van der Waals surface area contributed by atoms with Gasteiger partial charge in [0.1, 0.15) is 12.4 Å². The first kappa shape index (κ1) is 16.0. The number of ether oxygens (including phenoxy) is 1. The highest BCUT2D eigenvalue weighted by molar-refractivity contribution is 5.80. The summed E-state index contributed by atoms with van der Waals surface area (Å²) >= 11 is 0. The molecule has 0 amide bonds. The van der Waals surface area contributed by atoms with Gasteiger partial charge in [-0.05, 0) is 19.8 Å². The maximum atomic E-state index is 5.61. The third kappa shape index (κ3) is 3.39. The molecule has 0 radical (unpaired) electrons. The summed E-state index contributed by atoms with van der Waals surface area (Å²) in [4.78, 5) is 7.10. The Balaban J connectivity index is 1.71. The van der Waals surface area contributed by atoms with Crippen molar-refractivity contribution >= 4 is 5.96 Å².